The molecule has 80 N–H and O–H groups in total. The van der Waals surface area contributed by atoms with Gasteiger partial charge in [-0.2, -0.15) is 0 Å². The SMILES string of the molecule is O.O.O.O.O.O.O.O.O.O.O.O.O.O.O.O.O.O.O.O.O.O.O.O.O.O.O.O.O.O.O.O.O.O.O.O.O.O.O.O.[Fe].[Fe].[Fe].[K].[K].[K].[K].[K].[K].[Si].[W].[W].[W].[W].[W].[W].[W].[W].[W]. The summed E-state index contributed by atoms with van der Waals surface area (Å²) in [4.78, 5) is 0. The predicted molar refractivity (Wildman–Crippen MR) is 185 cm³/mol. The van der Waals surface area contributed by atoms with Crippen molar-refractivity contribution in [3.63, 3.8) is 0 Å². The maximum absolute atomic E-state index is 0. The number of hydrogen-bond acceptors (Lipinski definition) is 0. The van der Waals surface area contributed by atoms with Gasteiger partial charge in [0.1, 0.15) is 0 Å². The molecule has 0 aromatic rings. The van der Waals surface area contributed by atoms with Crippen LogP contribution in [0.15, 0.2) is 0 Å². The molecule has 0 aliphatic rings. The second-order valence-corrected chi connectivity index (χ2v) is 0. The van der Waals surface area contributed by atoms with Gasteiger partial charge in [-0.3, -0.25) is 0 Å². The van der Waals surface area contributed by atoms with E-state index < -0.39 is 0 Å². The molecule has 0 aromatic heterocycles. The minimum absolute atomic E-state index is 0. The Hall–Kier alpha value is 16.2. The van der Waals surface area contributed by atoms with E-state index in [1.54, 1.807) is 0 Å². The molecule has 0 atom stereocenters. The first kappa shape index (κ1) is 1580. The van der Waals surface area contributed by atoms with Crippen LogP contribution in [0, 0.1) is 0 Å². The van der Waals surface area contributed by atoms with Crippen LogP contribution in [-0.2, 0) is 241 Å². The molecule has 0 heterocycles. The first-order valence-electron chi connectivity index (χ1n) is 0. The molecule has 40 nitrogen and oxygen atoms in total. The van der Waals surface area contributed by atoms with Gasteiger partial charge in [-0.15, -0.1) is 0 Å². The molecule has 0 spiro atoms. The zero-order valence-corrected chi connectivity index (χ0v) is 80.7. The van der Waals surface area contributed by atoms with Crippen molar-refractivity contribution in [3.05, 3.63) is 0 Å². The Morgan fingerprint density at radius 3 is 0.0847 bits per heavy atom. The molecule has 0 saturated carbocycles. The molecule has 0 saturated heterocycles. The van der Waals surface area contributed by atoms with Gasteiger partial charge in [-0.05, 0) is 0 Å². The second-order valence-electron chi connectivity index (χ2n) is 0. The predicted octanol–water partition coefficient (Wildman–Crippen LogP) is -35.7. The van der Waals surface area contributed by atoms with Crippen LogP contribution in [0.5, 0.6) is 0 Å². The van der Waals surface area contributed by atoms with Crippen molar-refractivity contribution in [1.29, 1.82) is 0 Å². The summed E-state index contributed by atoms with van der Waals surface area (Å²) in [5, 5.41) is 0. The summed E-state index contributed by atoms with van der Waals surface area (Å²) < 4.78 is 0. The molecular formula is H80Fe3K6O40SiW9. The van der Waals surface area contributed by atoms with Crippen molar-refractivity contribution in [3.8, 4) is 0 Å². The van der Waals surface area contributed by atoms with Crippen LogP contribution in [0.2, 0.25) is 0 Å². The molecule has 0 aliphatic carbocycles. The van der Waals surface area contributed by atoms with Gasteiger partial charge in [0.15, 0.2) is 0 Å². The summed E-state index contributed by atoms with van der Waals surface area (Å²) in [5.74, 6) is 0. The van der Waals surface area contributed by atoms with Crippen molar-refractivity contribution < 1.29 is 460 Å². The van der Waals surface area contributed by atoms with Crippen LogP contribution in [0.4, 0.5) is 0 Å². The number of hydrogen-bond donors (Lipinski definition) is 0. The van der Waals surface area contributed by atoms with Gasteiger partial charge >= 0.3 is 0 Å². The fourth-order valence-electron chi connectivity index (χ4n) is 0. The third-order valence-electron chi connectivity index (χ3n) is 0. The normalized spacial score (nSPS) is 0. The maximum Gasteiger partial charge on any atom is 0 e. The van der Waals surface area contributed by atoms with E-state index in [9.17, 15) is 0 Å². The standard InChI is InChI=1S/3Fe.6K.40H2O.Si.9W/h;;;;;;;;;40*1H2;;;;;;;;;;. The maximum atomic E-state index is 0. The molecule has 0 amide bonds. The van der Waals surface area contributed by atoms with E-state index in [2.05, 4.69) is 0 Å². The third-order valence-corrected chi connectivity index (χ3v) is 0. The van der Waals surface area contributed by atoms with Crippen LogP contribution in [0.3, 0.4) is 0 Å². The third kappa shape index (κ3) is 1480. The van der Waals surface area contributed by atoms with Crippen molar-refractivity contribution in [1.82, 2.24) is 0 Å². The molecule has 0 rings (SSSR count). The van der Waals surface area contributed by atoms with Crippen molar-refractivity contribution in [2.24, 2.45) is 0 Å². The van der Waals surface area contributed by atoms with Crippen molar-refractivity contribution in [2.75, 3.05) is 0 Å². The summed E-state index contributed by atoms with van der Waals surface area (Å²) in [5.41, 5.74) is 0. The topological polar surface area (TPSA) is 1260 Å². The Morgan fingerprint density at radius 2 is 0.0847 bits per heavy atom. The summed E-state index contributed by atoms with van der Waals surface area (Å²) in [7, 11) is 0. The average Bonchev–Trinajstić information content (AvgIpc) is 0. The van der Waals surface area contributed by atoms with Crippen LogP contribution >= 0.6 is 0 Å². The van der Waals surface area contributed by atoms with E-state index in [4.69, 9.17) is 0 Å². The Balaban J connectivity index is 0. The van der Waals surface area contributed by atoms with E-state index in [0.717, 1.165) is 0 Å². The number of rotatable bonds is 0. The molecule has 0 unspecified atom stereocenters. The van der Waals surface area contributed by atoms with Crippen LogP contribution in [0.25, 0.3) is 0 Å². The van der Waals surface area contributed by atoms with Crippen LogP contribution in [-0.4, -0.2) is 538 Å². The minimum Gasteiger partial charge on any atom is -0.412 e. The molecular weight excluding hydrogens is 2720 g/mol. The Labute approximate surface area is 758 Å². The Kier molecular flexibility index (Phi) is 40600. The largest absolute Gasteiger partial charge is 0.412 e. The van der Waals surface area contributed by atoms with Gasteiger partial charge in [-0.1, -0.05) is 0 Å². The van der Waals surface area contributed by atoms with Gasteiger partial charge < -0.3 is 219 Å². The molecule has 0 bridgehead atoms. The molecule has 0 aliphatic heterocycles. The van der Waals surface area contributed by atoms with Gasteiger partial charge in [0.05, 0.1) is 0 Å². The van der Waals surface area contributed by atoms with Gasteiger partial charge in [0, 0.05) is 560 Å². The molecule has 10 radical (unpaired) electrons. The van der Waals surface area contributed by atoms with E-state index in [-0.39, 0.29) is 779 Å². The van der Waals surface area contributed by atoms with Gasteiger partial charge in [-0.25, -0.2) is 0 Å². The Morgan fingerprint density at radius 1 is 0.0847 bits per heavy atom. The van der Waals surface area contributed by atoms with Gasteiger partial charge in [0.25, 0.3) is 0 Å². The van der Waals surface area contributed by atoms with Crippen molar-refractivity contribution in [2.45, 2.75) is 0 Å². The zero-order chi connectivity index (χ0) is 0. The zero-order valence-electron chi connectivity index (χ0n) is 31.2. The van der Waals surface area contributed by atoms with Crippen LogP contribution < -0.4 is 0 Å². The molecule has 59 heavy (non-hydrogen) atoms. The van der Waals surface area contributed by atoms with E-state index in [1.165, 1.54) is 0 Å². The summed E-state index contributed by atoms with van der Waals surface area (Å²) in [6.45, 7) is 0. The molecule has 408 valence electrons. The van der Waals surface area contributed by atoms with E-state index in [1.807, 2.05) is 0 Å². The van der Waals surface area contributed by atoms with Crippen LogP contribution in [0.1, 0.15) is 0 Å². The summed E-state index contributed by atoms with van der Waals surface area (Å²) in [6.07, 6.45) is 0. The van der Waals surface area contributed by atoms with Gasteiger partial charge in [0.2, 0.25) is 0 Å². The quantitative estimate of drug-likeness (QED) is 0.204. The fraction of sp³-hybridized carbons (Fsp3) is 0. The molecule has 0 aromatic carbocycles. The first-order valence-corrected chi connectivity index (χ1v) is 0. The molecule has 0 fully saturated rings. The second kappa shape index (κ2) is 1520. The summed E-state index contributed by atoms with van der Waals surface area (Å²) in [6, 6.07) is 0. The monoisotopic (exact) mass is 2810 g/mol. The van der Waals surface area contributed by atoms with Crippen molar-refractivity contribution >= 4 is 319 Å². The Bertz CT molecular complexity index is 85.4. The average molecular weight is 2810 g/mol. The minimum atomic E-state index is 0. The fourth-order valence-corrected chi connectivity index (χ4v) is 0. The smallest absolute Gasteiger partial charge is 0 e. The van der Waals surface area contributed by atoms with E-state index in [0.29, 0.717) is 0 Å². The summed E-state index contributed by atoms with van der Waals surface area (Å²) >= 11 is 0. The van der Waals surface area contributed by atoms with E-state index >= 15 is 0 Å². The molecule has 59 heteroatoms. The first-order chi connectivity index (χ1) is 0.